The van der Waals surface area contributed by atoms with Gasteiger partial charge < -0.3 is 14.8 Å². The molecule has 20 heavy (non-hydrogen) atoms. The summed E-state index contributed by atoms with van der Waals surface area (Å²) in [5.41, 5.74) is 1.29. The van der Waals surface area contributed by atoms with E-state index in [1.807, 2.05) is 12.1 Å². The van der Waals surface area contributed by atoms with Gasteiger partial charge in [0.15, 0.2) is 0 Å². The monoisotopic (exact) mass is 279 g/mol. The highest BCUT2D eigenvalue weighted by molar-refractivity contribution is 5.27. The van der Waals surface area contributed by atoms with E-state index in [1.54, 1.807) is 7.11 Å². The molecule has 1 N–H and O–H groups in total. The maximum atomic E-state index is 5.73. The van der Waals surface area contributed by atoms with Crippen LogP contribution in [0, 0.1) is 5.92 Å². The van der Waals surface area contributed by atoms with Gasteiger partial charge in [-0.25, -0.2) is 0 Å². The second-order valence-electron chi connectivity index (χ2n) is 5.54. The first-order valence-electron chi connectivity index (χ1n) is 7.63. The summed E-state index contributed by atoms with van der Waals surface area (Å²) in [6.07, 6.45) is 3.22. The number of benzene rings is 1. The van der Waals surface area contributed by atoms with Crippen LogP contribution in [-0.2, 0) is 11.2 Å². The Hall–Kier alpha value is -1.06. The third-order valence-electron chi connectivity index (χ3n) is 3.09. The maximum Gasteiger partial charge on any atom is 0.119 e. The lowest BCUT2D eigenvalue weighted by atomic mass is 10.1. The molecule has 0 bridgehead atoms. The summed E-state index contributed by atoms with van der Waals surface area (Å²) in [5, 5.41) is 3.44. The highest BCUT2D eigenvalue weighted by atomic mass is 16.5. The molecule has 0 fully saturated rings. The normalized spacial score (nSPS) is 11.0. The van der Waals surface area contributed by atoms with E-state index in [1.165, 1.54) is 12.0 Å². The predicted molar refractivity (Wildman–Crippen MR) is 84.5 cm³/mol. The summed E-state index contributed by atoms with van der Waals surface area (Å²) < 4.78 is 10.8. The minimum absolute atomic E-state index is 0.725. The van der Waals surface area contributed by atoms with Crippen LogP contribution in [0.3, 0.4) is 0 Å². The molecule has 0 saturated heterocycles. The zero-order valence-electron chi connectivity index (χ0n) is 13.2. The lowest BCUT2D eigenvalue weighted by Crippen LogP contribution is -2.21. The molecule has 0 aromatic heterocycles. The van der Waals surface area contributed by atoms with Gasteiger partial charge in [-0.15, -0.1) is 0 Å². The summed E-state index contributed by atoms with van der Waals surface area (Å²) in [4.78, 5) is 0. The minimum atomic E-state index is 0.725. The number of methoxy groups -OCH3 is 1. The Labute approximate surface area is 123 Å². The van der Waals surface area contributed by atoms with Gasteiger partial charge in [-0.05, 0) is 56.0 Å². The highest BCUT2D eigenvalue weighted by Gasteiger charge is 1.97. The van der Waals surface area contributed by atoms with Crippen molar-refractivity contribution in [3.8, 4) is 5.75 Å². The average Bonchev–Trinajstić information content (AvgIpc) is 2.45. The molecule has 1 aromatic carbocycles. The Morgan fingerprint density at radius 2 is 1.80 bits per heavy atom. The Morgan fingerprint density at radius 3 is 2.45 bits per heavy atom. The quantitative estimate of drug-likeness (QED) is 0.631. The van der Waals surface area contributed by atoms with Crippen molar-refractivity contribution in [1.82, 2.24) is 5.32 Å². The van der Waals surface area contributed by atoms with E-state index in [0.717, 1.165) is 50.8 Å². The molecule has 1 aromatic rings. The number of rotatable bonds is 11. The second kappa shape index (κ2) is 10.7. The molecule has 114 valence electrons. The number of hydrogen-bond acceptors (Lipinski definition) is 3. The zero-order valence-corrected chi connectivity index (χ0v) is 13.2. The number of unbranched alkanes of at least 4 members (excludes halogenated alkanes) is 1. The SMILES string of the molecule is COCCc1ccc(OCCCCNCC(C)C)cc1. The summed E-state index contributed by atoms with van der Waals surface area (Å²) >= 11 is 0. The van der Waals surface area contributed by atoms with Crippen LogP contribution in [0.1, 0.15) is 32.3 Å². The first-order valence-corrected chi connectivity index (χ1v) is 7.63. The van der Waals surface area contributed by atoms with Gasteiger partial charge in [-0.1, -0.05) is 26.0 Å². The summed E-state index contributed by atoms with van der Waals surface area (Å²) in [7, 11) is 1.73. The molecule has 0 saturated carbocycles. The minimum Gasteiger partial charge on any atom is -0.494 e. The fraction of sp³-hybridized carbons (Fsp3) is 0.647. The number of nitrogens with one attached hydrogen (secondary N) is 1. The van der Waals surface area contributed by atoms with Crippen LogP contribution in [0.25, 0.3) is 0 Å². The van der Waals surface area contributed by atoms with Crippen LogP contribution in [0.5, 0.6) is 5.75 Å². The number of hydrogen-bond donors (Lipinski definition) is 1. The van der Waals surface area contributed by atoms with E-state index in [0.29, 0.717) is 0 Å². The lowest BCUT2D eigenvalue weighted by molar-refractivity contribution is 0.202. The molecule has 0 spiro atoms. The van der Waals surface area contributed by atoms with Gasteiger partial charge in [0.1, 0.15) is 5.75 Å². The largest absolute Gasteiger partial charge is 0.494 e. The molecular weight excluding hydrogens is 250 g/mol. The van der Waals surface area contributed by atoms with Crippen molar-refractivity contribution in [3.05, 3.63) is 29.8 Å². The molecule has 0 heterocycles. The molecule has 1 rings (SSSR count). The van der Waals surface area contributed by atoms with Crippen LogP contribution in [-0.4, -0.2) is 33.4 Å². The van der Waals surface area contributed by atoms with Gasteiger partial charge in [-0.3, -0.25) is 0 Å². The third-order valence-corrected chi connectivity index (χ3v) is 3.09. The molecule has 0 radical (unpaired) electrons. The summed E-state index contributed by atoms with van der Waals surface area (Å²) in [5.74, 6) is 1.68. The van der Waals surface area contributed by atoms with Gasteiger partial charge in [0.25, 0.3) is 0 Å². The molecule has 0 amide bonds. The van der Waals surface area contributed by atoms with E-state index in [2.05, 4.69) is 31.3 Å². The Balaban J connectivity index is 2.07. The van der Waals surface area contributed by atoms with Gasteiger partial charge in [0.2, 0.25) is 0 Å². The van der Waals surface area contributed by atoms with Crippen LogP contribution >= 0.6 is 0 Å². The van der Waals surface area contributed by atoms with E-state index in [-0.39, 0.29) is 0 Å². The van der Waals surface area contributed by atoms with Gasteiger partial charge in [0.05, 0.1) is 13.2 Å². The highest BCUT2D eigenvalue weighted by Crippen LogP contribution is 2.13. The summed E-state index contributed by atoms with van der Waals surface area (Å²) in [6.45, 7) is 8.20. The number of ether oxygens (including phenoxy) is 2. The first kappa shape index (κ1) is 17.0. The van der Waals surface area contributed by atoms with Gasteiger partial charge in [0, 0.05) is 7.11 Å². The third kappa shape index (κ3) is 8.18. The molecule has 0 aliphatic rings. The fourth-order valence-electron chi connectivity index (χ4n) is 1.91. The lowest BCUT2D eigenvalue weighted by Gasteiger charge is -2.09. The summed E-state index contributed by atoms with van der Waals surface area (Å²) in [6, 6.07) is 8.31. The van der Waals surface area contributed by atoms with E-state index in [9.17, 15) is 0 Å². The predicted octanol–water partition coefficient (Wildman–Crippen LogP) is 3.28. The van der Waals surface area contributed by atoms with E-state index in [4.69, 9.17) is 9.47 Å². The molecular formula is C17H29NO2. The zero-order chi connectivity index (χ0) is 14.6. The Kier molecular flexibility index (Phi) is 9.09. The standard InChI is InChI=1S/C17H29NO2/c1-15(2)14-18-11-4-5-12-20-17-8-6-16(7-9-17)10-13-19-3/h6-9,15,18H,4-5,10-14H2,1-3H3. The second-order valence-corrected chi connectivity index (χ2v) is 5.54. The topological polar surface area (TPSA) is 30.5 Å². The molecule has 0 aliphatic carbocycles. The van der Waals surface area contributed by atoms with Gasteiger partial charge >= 0.3 is 0 Å². The van der Waals surface area contributed by atoms with Gasteiger partial charge in [-0.2, -0.15) is 0 Å². The first-order chi connectivity index (χ1) is 9.72. The van der Waals surface area contributed by atoms with Crippen molar-refractivity contribution in [3.63, 3.8) is 0 Å². The Morgan fingerprint density at radius 1 is 1.05 bits per heavy atom. The van der Waals surface area contributed by atoms with Crippen LogP contribution in [0.4, 0.5) is 0 Å². The van der Waals surface area contributed by atoms with Crippen molar-refractivity contribution in [1.29, 1.82) is 0 Å². The van der Waals surface area contributed by atoms with Crippen molar-refractivity contribution in [2.24, 2.45) is 5.92 Å². The molecule has 3 heteroatoms. The maximum absolute atomic E-state index is 5.73. The molecule has 3 nitrogen and oxygen atoms in total. The molecule has 0 aliphatic heterocycles. The Bertz CT molecular complexity index is 335. The smallest absolute Gasteiger partial charge is 0.119 e. The van der Waals surface area contributed by atoms with E-state index >= 15 is 0 Å². The fourth-order valence-corrected chi connectivity index (χ4v) is 1.91. The van der Waals surface area contributed by atoms with Crippen LogP contribution in [0.15, 0.2) is 24.3 Å². The van der Waals surface area contributed by atoms with Crippen molar-refractivity contribution in [2.45, 2.75) is 33.1 Å². The molecule has 0 unspecified atom stereocenters. The van der Waals surface area contributed by atoms with Crippen molar-refractivity contribution >= 4 is 0 Å². The van der Waals surface area contributed by atoms with Crippen LogP contribution < -0.4 is 10.1 Å². The molecule has 0 atom stereocenters. The van der Waals surface area contributed by atoms with Crippen molar-refractivity contribution in [2.75, 3.05) is 33.4 Å². The average molecular weight is 279 g/mol. The van der Waals surface area contributed by atoms with E-state index < -0.39 is 0 Å². The van der Waals surface area contributed by atoms with Crippen LogP contribution in [0.2, 0.25) is 0 Å². The van der Waals surface area contributed by atoms with Crippen molar-refractivity contribution < 1.29 is 9.47 Å².